The smallest absolute Gasteiger partial charge is 0.225 e. The summed E-state index contributed by atoms with van der Waals surface area (Å²) in [6.45, 7) is 12.0. The lowest BCUT2D eigenvalue weighted by molar-refractivity contribution is 0.427. The number of aryl methyl sites for hydroxylation is 1. The topological polar surface area (TPSA) is 41.1 Å². The van der Waals surface area contributed by atoms with Crippen molar-refractivity contribution in [1.82, 2.24) is 9.97 Å². The van der Waals surface area contributed by atoms with Crippen LogP contribution in [0.5, 0.6) is 0 Å². The largest absolute Gasteiger partial charge is 0.352 e. The van der Waals surface area contributed by atoms with Crippen molar-refractivity contribution in [3.63, 3.8) is 0 Å². The molecule has 1 aromatic carbocycles. The molecule has 0 aliphatic carbocycles. The zero-order valence-electron chi connectivity index (χ0n) is 16.1. The number of fused-ring (bicyclic) bond motifs is 1. The summed E-state index contributed by atoms with van der Waals surface area (Å²) in [4.78, 5) is 12.0. The second-order valence-electron chi connectivity index (χ2n) is 7.69. The summed E-state index contributed by atoms with van der Waals surface area (Å²) >= 11 is 0. The molecular weight excluding hydrogens is 308 g/mol. The fourth-order valence-electron chi connectivity index (χ4n) is 3.41. The average molecular weight is 338 g/mol. The molecule has 4 heteroatoms. The van der Waals surface area contributed by atoms with Gasteiger partial charge in [-0.2, -0.15) is 4.98 Å². The fourth-order valence-corrected chi connectivity index (χ4v) is 3.41. The van der Waals surface area contributed by atoms with Crippen LogP contribution in [0.1, 0.15) is 57.9 Å². The highest BCUT2D eigenvalue weighted by molar-refractivity contribution is 5.51. The molecule has 0 saturated carbocycles. The summed E-state index contributed by atoms with van der Waals surface area (Å²) in [7, 11) is 0. The summed E-state index contributed by atoms with van der Waals surface area (Å²) in [6.07, 6.45) is 3.00. The Morgan fingerprint density at radius 1 is 1.16 bits per heavy atom. The molecule has 0 unspecified atom stereocenters. The third-order valence-electron chi connectivity index (χ3n) is 5.19. The van der Waals surface area contributed by atoms with Gasteiger partial charge >= 0.3 is 0 Å². The fraction of sp³-hybridized carbons (Fsp3) is 0.524. The minimum absolute atomic E-state index is 0.0291. The first-order valence-corrected chi connectivity index (χ1v) is 9.42. The maximum atomic E-state index is 4.87. The van der Waals surface area contributed by atoms with E-state index in [2.05, 4.69) is 80.2 Å². The summed E-state index contributed by atoms with van der Waals surface area (Å²) < 4.78 is 0. The van der Waals surface area contributed by atoms with Crippen molar-refractivity contribution in [3.05, 3.63) is 47.2 Å². The number of hydrogen-bond acceptors (Lipinski definition) is 4. The molecule has 0 fully saturated rings. The number of nitrogens with one attached hydrogen (secondary N) is 1. The highest BCUT2D eigenvalue weighted by Crippen LogP contribution is 2.34. The Balaban J connectivity index is 1.98. The highest BCUT2D eigenvalue weighted by Gasteiger charge is 2.33. The van der Waals surface area contributed by atoms with E-state index < -0.39 is 0 Å². The standard InChI is InChI=1S/C21H30N4/c1-6-15(3)22-20-23-18(7-2)12-19(24-20)25-14-17-11-9-8-10-16(17)13-21(25,4)5/h8-12,15H,6-7,13-14H2,1-5H3,(H,22,23,24)/t15-/m1/s1. The van der Waals surface area contributed by atoms with E-state index in [-0.39, 0.29) is 5.54 Å². The molecule has 1 aromatic heterocycles. The van der Waals surface area contributed by atoms with Crippen LogP contribution in [0.4, 0.5) is 11.8 Å². The quantitative estimate of drug-likeness (QED) is 0.865. The van der Waals surface area contributed by atoms with Gasteiger partial charge in [-0.15, -0.1) is 0 Å². The molecule has 0 bridgehead atoms. The lowest BCUT2D eigenvalue weighted by atomic mass is 9.85. The molecule has 25 heavy (non-hydrogen) atoms. The van der Waals surface area contributed by atoms with Crippen molar-refractivity contribution >= 4 is 11.8 Å². The Labute approximate surface area is 151 Å². The normalized spacial score (nSPS) is 17.1. The van der Waals surface area contributed by atoms with Gasteiger partial charge in [-0.25, -0.2) is 4.98 Å². The van der Waals surface area contributed by atoms with Gasteiger partial charge in [-0.3, -0.25) is 0 Å². The maximum absolute atomic E-state index is 4.87. The van der Waals surface area contributed by atoms with E-state index in [9.17, 15) is 0 Å². The van der Waals surface area contributed by atoms with Crippen LogP contribution in [-0.2, 0) is 19.4 Å². The first kappa shape index (κ1) is 17.7. The van der Waals surface area contributed by atoms with Gasteiger partial charge in [0.15, 0.2) is 0 Å². The van der Waals surface area contributed by atoms with E-state index in [4.69, 9.17) is 4.98 Å². The minimum Gasteiger partial charge on any atom is -0.352 e. The second kappa shape index (κ2) is 7.03. The first-order chi connectivity index (χ1) is 11.9. The number of anilines is 2. The van der Waals surface area contributed by atoms with E-state index in [1.54, 1.807) is 0 Å². The molecule has 1 aliphatic rings. The van der Waals surface area contributed by atoms with Gasteiger partial charge in [0.05, 0.1) is 0 Å². The Morgan fingerprint density at radius 3 is 2.56 bits per heavy atom. The second-order valence-corrected chi connectivity index (χ2v) is 7.69. The molecule has 134 valence electrons. The Kier molecular flexibility index (Phi) is 4.98. The molecule has 0 radical (unpaired) electrons. The van der Waals surface area contributed by atoms with Crippen molar-refractivity contribution in [3.8, 4) is 0 Å². The molecule has 0 spiro atoms. The molecule has 2 aromatic rings. The van der Waals surface area contributed by atoms with Crippen molar-refractivity contribution in [2.45, 2.75) is 72.0 Å². The summed E-state index contributed by atoms with van der Waals surface area (Å²) in [6, 6.07) is 11.3. The molecule has 1 aliphatic heterocycles. The predicted molar refractivity (Wildman–Crippen MR) is 105 cm³/mol. The van der Waals surface area contributed by atoms with Crippen LogP contribution in [-0.4, -0.2) is 21.5 Å². The monoisotopic (exact) mass is 338 g/mol. The van der Waals surface area contributed by atoms with Gasteiger partial charge in [-0.1, -0.05) is 38.1 Å². The minimum atomic E-state index is 0.0291. The van der Waals surface area contributed by atoms with Crippen LogP contribution in [0.3, 0.4) is 0 Å². The number of benzene rings is 1. The zero-order valence-corrected chi connectivity index (χ0v) is 16.1. The van der Waals surface area contributed by atoms with Crippen molar-refractivity contribution in [2.24, 2.45) is 0 Å². The van der Waals surface area contributed by atoms with Crippen LogP contribution in [0, 0.1) is 0 Å². The molecule has 2 heterocycles. The van der Waals surface area contributed by atoms with Crippen molar-refractivity contribution in [2.75, 3.05) is 10.2 Å². The molecular formula is C21H30N4. The average Bonchev–Trinajstić information content (AvgIpc) is 2.59. The lowest BCUT2D eigenvalue weighted by Gasteiger charge is -2.44. The molecule has 0 amide bonds. The van der Waals surface area contributed by atoms with E-state index in [0.717, 1.165) is 43.3 Å². The Hall–Kier alpha value is -2.10. The van der Waals surface area contributed by atoms with E-state index in [1.807, 2.05) is 0 Å². The van der Waals surface area contributed by atoms with Crippen LogP contribution in [0.25, 0.3) is 0 Å². The van der Waals surface area contributed by atoms with Crippen LogP contribution in [0.15, 0.2) is 30.3 Å². The van der Waals surface area contributed by atoms with Gasteiger partial charge in [0, 0.05) is 29.9 Å². The number of aromatic nitrogens is 2. The lowest BCUT2D eigenvalue weighted by Crippen LogP contribution is -2.49. The molecule has 3 rings (SSSR count). The van der Waals surface area contributed by atoms with Gasteiger partial charge in [0.25, 0.3) is 0 Å². The van der Waals surface area contributed by atoms with Crippen LogP contribution < -0.4 is 10.2 Å². The Morgan fingerprint density at radius 2 is 1.88 bits per heavy atom. The SMILES string of the molecule is CCc1cc(N2Cc3ccccc3CC2(C)C)nc(N[C@H](C)CC)n1. The predicted octanol–water partition coefficient (Wildman–Crippen LogP) is 4.59. The van der Waals surface area contributed by atoms with E-state index >= 15 is 0 Å². The van der Waals surface area contributed by atoms with Gasteiger partial charge in [0.2, 0.25) is 5.95 Å². The Bertz CT molecular complexity index is 738. The molecule has 1 atom stereocenters. The maximum Gasteiger partial charge on any atom is 0.225 e. The van der Waals surface area contributed by atoms with Crippen molar-refractivity contribution in [1.29, 1.82) is 0 Å². The van der Waals surface area contributed by atoms with Gasteiger partial charge < -0.3 is 10.2 Å². The first-order valence-electron chi connectivity index (χ1n) is 9.42. The van der Waals surface area contributed by atoms with Crippen LogP contribution in [0.2, 0.25) is 0 Å². The highest BCUT2D eigenvalue weighted by atomic mass is 15.3. The summed E-state index contributed by atoms with van der Waals surface area (Å²) in [5, 5.41) is 3.44. The summed E-state index contributed by atoms with van der Waals surface area (Å²) in [5.41, 5.74) is 3.97. The van der Waals surface area contributed by atoms with Crippen molar-refractivity contribution < 1.29 is 0 Å². The van der Waals surface area contributed by atoms with Gasteiger partial charge in [0.1, 0.15) is 5.82 Å². The number of hydrogen-bond donors (Lipinski definition) is 1. The van der Waals surface area contributed by atoms with Crippen LogP contribution >= 0.6 is 0 Å². The molecule has 1 N–H and O–H groups in total. The third kappa shape index (κ3) is 3.78. The van der Waals surface area contributed by atoms with Gasteiger partial charge in [-0.05, 0) is 51.2 Å². The van der Waals surface area contributed by atoms with E-state index in [1.165, 1.54) is 11.1 Å². The summed E-state index contributed by atoms with van der Waals surface area (Å²) in [5.74, 6) is 1.77. The molecule has 4 nitrogen and oxygen atoms in total. The number of rotatable bonds is 5. The van der Waals surface area contributed by atoms with E-state index in [0.29, 0.717) is 6.04 Å². The third-order valence-corrected chi connectivity index (χ3v) is 5.19. The number of nitrogens with zero attached hydrogens (tertiary/aromatic N) is 3. The zero-order chi connectivity index (χ0) is 18.0. The molecule has 0 saturated heterocycles.